The van der Waals surface area contributed by atoms with Crippen LogP contribution in [0.4, 0.5) is 20.3 Å². The smallest absolute Gasteiger partial charge is 0.319 e. The quantitative estimate of drug-likeness (QED) is 0.202. The lowest BCUT2D eigenvalue weighted by Gasteiger charge is -2.34. The zero-order valence-electron chi connectivity index (χ0n) is 28.3. The number of halogens is 2. The van der Waals surface area contributed by atoms with Gasteiger partial charge in [0, 0.05) is 54.4 Å². The number of amides is 1. The molecular formula is C37H31F2N9O4S. The van der Waals surface area contributed by atoms with E-state index in [1.54, 1.807) is 24.3 Å². The Hall–Kier alpha value is -6.05. The van der Waals surface area contributed by atoms with Crippen LogP contribution in [0.5, 0.6) is 6.01 Å². The summed E-state index contributed by atoms with van der Waals surface area (Å²) < 4.78 is 64.0. The predicted octanol–water partition coefficient (Wildman–Crippen LogP) is 4.45. The minimum absolute atomic E-state index is 0.00821. The molecule has 16 heteroatoms. The highest BCUT2D eigenvalue weighted by Crippen LogP contribution is 2.37. The van der Waals surface area contributed by atoms with E-state index < -0.39 is 34.2 Å². The lowest BCUT2D eigenvalue weighted by atomic mass is 9.96. The summed E-state index contributed by atoms with van der Waals surface area (Å²) in [6, 6.07) is 13.7. The highest BCUT2D eigenvalue weighted by Gasteiger charge is 2.34. The normalized spacial score (nSPS) is 16.9. The number of carbonyl (C=O) groups is 1. The van der Waals surface area contributed by atoms with Crippen LogP contribution >= 0.6 is 0 Å². The molecule has 0 saturated carbocycles. The monoisotopic (exact) mass is 735 g/mol. The van der Waals surface area contributed by atoms with Gasteiger partial charge in [0.1, 0.15) is 29.2 Å². The van der Waals surface area contributed by atoms with Gasteiger partial charge in [-0.15, -0.1) is 15.6 Å². The van der Waals surface area contributed by atoms with E-state index in [-0.39, 0.29) is 39.8 Å². The second kappa shape index (κ2) is 13.5. The Bertz CT molecular complexity index is 2560. The molecule has 5 heterocycles. The van der Waals surface area contributed by atoms with Gasteiger partial charge in [0.05, 0.1) is 15.8 Å². The summed E-state index contributed by atoms with van der Waals surface area (Å²) in [6.07, 6.45) is 10.8. The van der Waals surface area contributed by atoms with Gasteiger partial charge in [0.2, 0.25) is 0 Å². The van der Waals surface area contributed by atoms with Crippen LogP contribution in [0.25, 0.3) is 32.9 Å². The SMILES string of the molecule is C#Cc1c(F)ccc2cccc(-c3ncc4c(N5C[C@H]6CC[C@@H](C5)N6)nc(OCC(=O)Nc5ccc(S(=O)(=O)n6cnc(CC)n6)cc5)nc4c3F)c12. The second-order valence-electron chi connectivity index (χ2n) is 12.8. The van der Waals surface area contributed by atoms with E-state index in [1.165, 1.54) is 36.5 Å². The average molecular weight is 736 g/mol. The van der Waals surface area contributed by atoms with E-state index in [4.69, 9.17) is 11.2 Å². The molecule has 8 rings (SSSR count). The third-order valence-electron chi connectivity index (χ3n) is 9.40. The molecule has 2 N–H and O–H groups in total. The molecule has 2 bridgehead atoms. The lowest BCUT2D eigenvalue weighted by Crippen LogP contribution is -2.51. The third-order valence-corrected chi connectivity index (χ3v) is 10.9. The second-order valence-corrected chi connectivity index (χ2v) is 14.6. The van der Waals surface area contributed by atoms with Crippen LogP contribution < -0.4 is 20.3 Å². The molecule has 6 aromatic rings. The summed E-state index contributed by atoms with van der Waals surface area (Å²) in [4.78, 5) is 32.5. The number of hydrogen-bond donors (Lipinski definition) is 2. The van der Waals surface area contributed by atoms with Gasteiger partial charge in [-0.2, -0.15) is 18.4 Å². The van der Waals surface area contributed by atoms with E-state index in [0.717, 1.165) is 23.3 Å². The minimum Gasteiger partial charge on any atom is -0.453 e. The van der Waals surface area contributed by atoms with Crippen LogP contribution in [-0.4, -0.2) is 75.2 Å². The first kappa shape index (κ1) is 34.1. The van der Waals surface area contributed by atoms with Crippen LogP contribution in [0.1, 0.15) is 31.2 Å². The van der Waals surface area contributed by atoms with Gasteiger partial charge in [-0.05, 0) is 48.6 Å². The number of hydrogen-bond acceptors (Lipinski definition) is 11. The number of fused-ring (bicyclic) bond motifs is 4. The molecular weight excluding hydrogens is 705 g/mol. The largest absolute Gasteiger partial charge is 0.453 e. The Kier molecular flexibility index (Phi) is 8.67. The van der Waals surface area contributed by atoms with Crippen molar-refractivity contribution in [1.29, 1.82) is 0 Å². The van der Waals surface area contributed by atoms with Gasteiger partial charge in [-0.25, -0.2) is 13.8 Å². The standard InChI is InChI=1S/C37H31F2N9O4S/c1-3-26-29(38)15-8-21-6-5-7-27(32(21)26)34-33(39)35-28(16-40-34)36(47-17-23-9-10-24(18-47)42-23)45-37(44-35)52-19-31(49)43-22-11-13-25(14-12-22)53(50,51)48-20-41-30(4-2)46-48/h1,5-8,11-16,20,23-24,42H,4,9-10,17-19H2,2H3,(H,43,49)/t23-,24+. The highest BCUT2D eigenvalue weighted by molar-refractivity contribution is 7.89. The minimum atomic E-state index is -3.97. The summed E-state index contributed by atoms with van der Waals surface area (Å²) in [5.41, 5.74) is 0.418. The van der Waals surface area contributed by atoms with Gasteiger partial charge in [-0.1, -0.05) is 37.1 Å². The lowest BCUT2D eigenvalue weighted by molar-refractivity contribution is -0.118. The Labute approximate surface area is 302 Å². The van der Waals surface area contributed by atoms with E-state index in [2.05, 4.69) is 41.6 Å². The molecule has 1 amide bonds. The number of aryl methyl sites for hydroxylation is 1. The van der Waals surface area contributed by atoms with Crippen molar-refractivity contribution in [3.8, 4) is 29.6 Å². The molecule has 2 atom stereocenters. The van der Waals surface area contributed by atoms with Gasteiger partial charge < -0.3 is 20.3 Å². The van der Waals surface area contributed by atoms with Crippen molar-refractivity contribution < 1.29 is 26.7 Å². The topological polar surface area (TPSA) is 157 Å². The number of nitrogens with one attached hydrogen (secondary N) is 2. The van der Waals surface area contributed by atoms with Crippen LogP contribution in [0, 0.1) is 24.0 Å². The number of anilines is 2. The summed E-state index contributed by atoms with van der Waals surface area (Å²) in [6.45, 7) is 2.50. The molecule has 268 valence electrons. The van der Waals surface area contributed by atoms with Crippen molar-refractivity contribution in [3.63, 3.8) is 0 Å². The molecule has 13 nitrogen and oxygen atoms in total. The first-order chi connectivity index (χ1) is 25.6. The Morgan fingerprint density at radius 3 is 2.55 bits per heavy atom. The molecule has 2 saturated heterocycles. The molecule has 0 spiro atoms. The Morgan fingerprint density at radius 2 is 1.83 bits per heavy atom. The van der Waals surface area contributed by atoms with Crippen molar-refractivity contribution in [1.82, 2.24) is 34.4 Å². The fraction of sp³-hybridized carbons (Fsp3) is 0.243. The fourth-order valence-corrected chi connectivity index (χ4v) is 7.95. The van der Waals surface area contributed by atoms with Crippen LogP contribution in [0.3, 0.4) is 0 Å². The zero-order chi connectivity index (χ0) is 36.9. The van der Waals surface area contributed by atoms with E-state index in [1.807, 2.05) is 11.8 Å². The van der Waals surface area contributed by atoms with Gasteiger partial charge in [0.25, 0.3) is 15.9 Å². The van der Waals surface area contributed by atoms with E-state index in [0.29, 0.717) is 58.6 Å². The summed E-state index contributed by atoms with van der Waals surface area (Å²) in [5, 5.41) is 11.5. The summed E-state index contributed by atoms with van der Waals surface area (Å²) in [5.74, 6) is 1.20. The molecule has 2 aliphatic heterocycles. The summed E-state index contributed by atoms with van der Waals surface area (Å²) >= 11 is 0. The van der Waals surface area contributed by atoms with Crippen LogP contribution in [0.15, 0.2) is 72.0 Å². The van der Waals surface area contributed by atoms with Crippen molar-refractivity contribution in [2.75, 3.05) is 29.9 Å². The number of carbonyl (C=O) groups excluding carboxylic acids is 1. The highest BCUT2D eigenvalue weighted by atomic mass is 32.2. The molecule has 3 aromatic heterocycles. The third kappa shape index (κ3) is 6.27. The van der Waals surface area contributed by atoms with Crippen molar-refractivity contribution >= 4 is 49.1 Å². The number of nitrogens with zero attached hydrogens (tertiary/aromatic N) is 7. The number of aromatic nitrogens is 6. The van der Waals surface area contributed by atoms with Gasteiger partial charge >= 0.3 is 6.01 Å². The number of ether oxygens (including phenoxy) is 1. The molecule has 2 aliphatic rings. The van der Waals surface area contributed by atoms with Crippen molar-refractivity contribution in [2.45, 2.75) is 43.2 Å². The first-order valence-electron chi connectivity index (χ1n) is 16.9. The number of pyridine rings is 1. The van der Waals surface area contributed by atoms with Crippen molar-refractivity contribution in [2.24, 2.45) is 0 Å². The summed E-state index contributed by atoms with van der Waals surface area (Å²) in [7, 11) is -3.97. The molecule has 3 aromatic carbocycles. The van der Waals surface area contributed by atoms with Gasteiger partial charge in [0.15, 0.2) is 18.2 Å². The maximum atomic E-state index is 16.7. The predicted molar refractivity (Wildman–Crippen MR) is 193 cm³/mol. The van der Waals surface area contributed by atoms with Crippen molar-refractivity contribution in [3.05, 3.63) is 90.1 Å². The van der Waals surface area contributed by atoms with Crippen LogP contribution in [0.2, 0.25) is 0 Å². The molecule has 53 heavy (non-hydrogen) atoms. The molecule has 0 unspecified atom stereocenters. The molecule has 0 radical (unpaired) electrons. The number of benzene rings is 3. The number of terminal acetylenes is 1. The Morgan fingerprint density at radius 1 is 1.06 bits per heavy atom. The fourth-order valence-electron chi connectivity index (χ4n) is 6.88. The maximum Gasteiger partial charge on any atom is 0.319 e. The zero-order valence-corrected chi connectivity index (χ0v) is 29.1. The van der Waals surface area contributed by atoms with Gasteiger partial charge in [-0.3, -0.25) is 9.78 Å². The first-order valence-corrected chi connectivity index (χ1v) is 18.3. The Balaban J connectivity index is 1.09. The molecule has 0 aliphatic carbocycles. The van der Waals surface area contributed by atoms with E-state index >= 15 is 4.39 Å². The molecule has 2 fully saturated rings. The number of piperazine rings is 1. The average Bonchev–Trinajstić information content (AvgIpc) is 3.80. The maximum absolute atomic E-state index is 16.7. The van der Waals surface area contributed by atoms with Crippen LogP contribution in [-0.2, 0) is 21.2 Å². The number of rotatable bonds is 9. The van der Waals surface area contributed by atoms with E-state index in [9.17, 15) is 17.6 Å².